The van der Waals surface area contributed by atoms with E-state index < -0.39 is 0 Å². The molecule has 0 saturated carbocycles. The molecular weight excluding hydrogens is 425 g/mol. The van der Waals surface area contributed by atoms with E-state index in [2.05, 4.69) is 0 Å². The normalized spacial score (nSPS) is 9.11. The molecule has 0 unspecified atom stereocenters. The van der Waals surface area contributed by atoms with Gasteiger partial charge in [0.25, 0.3) is 0 Å². The molecule has 0 spiro atoms. The average Bonchev–Trinajstić information content (AvgIpc) is 2.72. The Morgan fingerprint density at radius 1 is 0.393 bits per heavy atom. The monoisotopic (exact) mass is 452 g/mol. The predicted molar refractivity (Wildman–Crippen MR) is 105 cm³/mol. The zero-order valence-electron chi connectivity index (χ0n) is 16.2. The summed E-state index contributed by atoms with van der Waals surface area (Å²) in [5.74, 6) is 0. The predicted octanol–water partition coefficient (Wildman–Crippen LogP) is 1.77. The Morgan fingerprint density at radius 3 is 0.786 bits per heavy atom. The topological polar surface area (TPSA) is 69.2 Å². The Morgan fingerprint density at radius 2 is 0.607 bits per heavy atom. The Hall–Kier alpha value is -1.36. The smallest absolute Gasteiger partial charge is 0.854 e. The van der Waals surface area contributed by atoms with Crippen molar-refractivity contribution in [1.82, 2.24) is 0 Å². The van der Waals surface area contributed by atoms with Crippen LogP contribution in [0.3, 0.4) is 0 Å². The van der Waals surface area contributed by atoms with Crippen molar-refractivity contribution in [3.63, 3.8) is 0 Å². The first kappa shape index (κ1) is 26.6. The minimum atomic E-state index is -0.00991. The first-order valence-corrected chi connectivity index (χ1v) is 9.16. The minimum Gasteiger partial charge on any atom is -0.854 e. The van der Waals surface area contributed by atoms with Crippen LogP contribution in [-0.2, 0) is 52.0 Å². The van der Waals surface area contributed by atoms with Gasteiger partial charge < -0.3 is 15.3 Å². The van der Waals surface area contributed by atoms with Gasteiger partial charge in [0.15, 0.2) is 0 Å². The van der Waals surface area contributed by atoms with E-state index >= 15 is 0 Å². The quantitative estimate of drug-likeness (QED) is 0.573. The summed E-state index contributed by atoms with van der Waals surface area (Å²) in [7, 11) is 0. The van der Waals surface area contributed by atoms with E-state index in [1.165, 1.54) is 0 Å². The van der Waals surface area contributed by atoms with Crippen LogP contribution >= 0.6 is 0 Å². The zero-order valence-corrected chi connectivity index (χ0v) is 19.0. The van der Waals surface area contributed by atoms with E-state index in [1.54, 1.807) is 0 Å². The number of benzene rings is 3. The van der Waals surface area contributed by atoms with Gasteiger partial charge in [0, 0.05) is 0 Å². The Balaban J connectivity index is 0.000000384. The molecule has 0 heterocycles. The minimum absolute atomic E-state index is 0. The molecule has 0 saturated heterocycles. The van der Waals surface area contributed by atoms with Crippen LogP contribution in [0.15, 0.2) is 91.0 Å². The number of rotatable bonds is 6. The van der Waals surface area contributed by atoms with Gasteiger partial charge in [-0.3, -0.25) is 0 Å². The fourth-order valence-electron chi connectivity index (χ4n) is 2.29. The van der Waals surface area contributed by atoms with Gasteiger partial charge in [0.05, 0.1) is 0 Å². The molecule has 0 radical (unpaired) electrons. The molecule has 4 heteroatoms. The third-order valence-corrected chi connectivity index (χ3v) is 3.70. The van der Waals surface area contributed by atoms with Crippen LogP contribution in [0.4, 0.5) is 0 Å². The first-order chi connectivity index (χ1) is 13.3. The van der Waals surface area contributed by atoms with Crippen molar-refractivity contribution in [2.24, 2.45) is 0 Å². The summed E-state index contributed by atoms with van der Waals surface area (Å²) in [6.07, 6.45) is 1.96. The Kier molecular flexibility index (Phi) is 18.1. The third kappa shape index (κ3) is 13.8. The number of hydrogen-bond donors (Lipinski definition) is 0. The molecular formula is C24H27O3Y. The van der Waals surface area contributed by atoms with E-state index in [4.69, 9.17) is 0 Å². The molecule has 3 aromatic rings. The molecule has 0 N–H and O–H groups in total. The second-order valence-electron chi connectivity index (χ2n) is 5.82. The molecule has 0 fully saturated rings. The summed E-state index contributed by atoms with van der Waals surface area (Å²) in [5, 5.41) is 30.3. The van der Waals surface area contributed by atoms with Crippen LogP contribution in [0.2, 0.25) is 0 Å². The molecule has 0 aliphatic heterocycles. The van der Waals surface area contributed by atoms with Crippen LogP contribution in [0.1, 0.15) is 16.7 Å². The van der Waals surface area contributed by atoms with E-state index in [9.17, 15) is 15.3 Å². The van der Waals surface area contributed by atoms with Gasteiger partial charge in [-0.05, 0) is 36.0 Å². The summed E-state index contributed by atoms with van der Waals surface area (Å²) >= 11 is 0. The molecule has 0 amide bonds. The molecule has 3 nitrogen and oxygen atoms in total. The third-order valence-electron chi connectivity index (χ3n) is 3.70. The molecule has 3 aromatic carbocycles. The van der Waals surface area contributed by atoms with Gasteiger partial charge in [0.2, 0.25) is 0 Å². The summed E-state index contributed by atoms with van der Waals surface area (Å²) in [6, 6.07) is 29.4. The molecule has 0 atom stereocenters. The van der Waals surface area contributed by atoms with Crippen LogP contribution in [0, 0.1) is 0 Å². The van der Waals surface area contributed by atoms with E-state index in [-0.39, 0.29) is 52.5 Å². The van der Waals surface area contributed by atoms with Crippen molar-refractivity contribution in [3.8, 4) is 0 Å². The molecule has 28 heavy (non-hydrogen) atoms. The zero-order chi connectivity index (χ0) is 19.6. The maximum atomic E-state index is 10.1. The standard InChI is InChI=1S/3C8H9O.Y/c3*9-7-6-8-4-2-1-3-5-8;/h3*1-5H,6-7H2;/q3*-1;+3. The molecule has 3 rings (SSSR count). The van der Waals surface area contributed by atoms with Crippen LogP contribution in [0.5, 0.6) is 0 Å². The maximum absolute atomic E-state index is 10.1. The molecule has 144 valence electrons. The van der Waals surface area contributed by atoms with Crippen molar-refractivity contribution in [2.75, 3.05) is 19.8 Å². The second kappa shape index (κ2) is 19.0. The fourth-order valence-corrected chi connectivity index (χ4v) is 2.29. The first-order valence-electron chi connectivity index (χ1n) is 9.16. The Bertz CT molecular complexity index is 577. The fraction of sp³-hybridized carbons (Fsp3) is 0.250. The summed E-state index contributed by atoms with van der Waals surface area (Å²) in [4.78, 5) is 0. The van der Waals surface area contributed by atoms with Crippen molar-refractivity contribution in [1.29, 1.82) is 0 Å². The second-order valence-corrected chi connectivity index (χ2v) is 5.82. The van der Waals surface area contributed by atoms with Crippen molar-refractivity contribution < 1.29 is 48.0 Å². The molecule has 0 aliphatic carbocycles. The van der Waals surface area contributed by atoms with Gasteiger partial charge >= 0.3 is 32.7 Å². The average molecular weight is 452 g/mol. The van der Waals surface area contributed by atoms with Gasteiger partial charge in [-0.2, -0.15) is 0 Å². The number of hydrogen-bond acceptors (Lipinski definition) is 3. The molecule has 0 aromatic heterocycles. The van der Waals surface area contributed by atoms with Gasteiger partial charge in [0.1, 0.15) is 0 Å². The van der Waals surface area contributed by atoms with Crippen LogP contribution in [-0.4, -0.2) is 19.8 Å². The van der Waals surface area contributed by atoms with Gasteiger partial charge in [-0.25, -0.2) is 0 Å². The summed E-state index contributed by atoms with van der Waals surface area (Å²) in [6.45, 7) is -0.0297. The van der Waals surface area contributed by atoms with E-state index in [0.29, 0.717) is 19.3 Å². The van der Waals surface area contributed by atoms with Crippen molar-refractivity contribution in [3.05, 3.63) is 108 Å². The van der Waals surface area contributed by atoms with E-state index in [0.717, 1.165) is 16.7 Å². The molecule has 0 aliphatic rings. The summed E-state index contributed by atoms with van der Waals surface area (Å²) < 4.78 is 0. The summed E-state index contributed by atoms with van der Waals surface area (Å²) in [5.41, 5.74) is 3.40. The van der Waals surface area contributed by atoms with Crippen LogP contribution in [0.25, 0.3) is 0 Å². The maximum Gasteiger partial charge on any atom is 3.00 e. The van der Waals surface area contributed by atoms with E-state index in [1.807, 2.05) is 91.0 Å². The Labute approximate surface area is 194 Å². The van der Waals surface area contributed by atoms with Crippen molar-refractivity contribution in [2.45, 2.75) is 19.3 Å². The SMILES string of the molecule is [O-]CCc1ccccc1.[O-]CCc1ccccc1.[O-]CCc1ccccc1.[Y+3]. The largest absolute Gasteiger partial charge is 3.00 e. The van der Waals surface area contributed by atoms with Gasteiger partial charge in [-0.1, -0.05) is 91.0 Å². The molecule has 0 bridgehead atoms. The van der Waals surface area contributed by atoms with Gasteiger partial charge in [-0.15, -0.1) is 19.8 Å². The van der Waals surface area contributed by atoms with Crippen LogP contribution < -0.4 is 15.3 Å². The van der Waals surface area contributed by atoms with Crippen molar-refractivity contribution >= 4 is 0 Å².